The van der Waals surface area contributed by atoms with E-state index >= 15 is 0 Å². The van der Waals surface area contributed by atoms with Gasteiger partial charge in [-0.1, -0.05) is 19.1 Å². The molecule has 0 heterocycles. The molecule has 0 amide bonds. The van der Waals surface area contributed by atoms with Gasteiger partial charge in [-0.3, -0.25) is 0 Å². The third-order valence-electron chi connectivity index (χ3n) is 3.31. The van der Waals surface area contributed by atoms with Crippen molar-refractivity contribution in [3.05, 3.63) is 29.3 Å². The molecule has 0 bridgehead atoms. The van der Waals surface area contributed by atoms with Crippen LogP contribution in [-0.2, 0) is 5.31 Å². The Balaban J connectivity index is 3.52. The lowest BCUT2D eigenvalue weighted by Gasteiger charge is -2.48. The minimum absolute atomic E-state index is 0.564. The van der Waals surface area contributed by atoms with Crippen LogP contribution in [-0.4, -0.2) is 16.4 Å². The van der Waals surface area contributed by atoms with E-state index in [1.54, 1.807) is 40.8 Å². The van der Waals surface area contributed by atoms with E-state index in [2.05, 4.69) is 23.6 Å². The average molecular weight is 408 g/mol. The van der Waals surface area contributed by atoms with Crippen LogP contribution in [0.2, 0.25) is 0 Å². The summed E-state index contributed by atoms with van der Waals surface area (Å²) in [5, 5.41) is 2.21. The fourth-order valence-electron chi connectivity index (χ4n) is 2.06. The van der Waals surface area contributed by atoms with Gasteiger partial charge in [-0.05, 0) is 53.6 Å². The molecule has 0 saturated carbocycles. The first-order valence-corrected chi connectivity index (χ1v) is 7.91. The van der Waals surface area contributed by atoms with E-state index in [0.29, 0.717) is 11.3 Å². The molecular formula is C12H17BFIN2P2. The zero-order chi connectivity index (χ0) is 15.1. The topological polar surface area (TPSA) is 36.2 Å². The second-order valence-corrected chi connectivity index (χ2v) is 10.2. The van der Waals surface area contributed by atoms with Gasteiger partial charge in [0.1, 0.15) is 0 Å². The average Bonchev–Trinajstić information content (AvgIpc) is 2.24. The minimum atomic E-state index is -1.64. The number of alkyl halides is 2. The summed E-state index contributed by atoms with van der Waals surface area (Å²) in [4.78, 5) is -0.621. The molecule has 102 valence electrons. The van der Waals surface area contributed by atoms with E-state index in [9.17, 15) is 4.39 Å². The molecule has 0 saturated heterocycles. The smallest absolute Gasteiger partial charge is 0.161 e. The van der Waals surface area contributed by atoms with Gasteiger partial charge in [0, 0.05) is 10.2 Å². The molecule has 4 atom stereocenters. The van der Waals surface area contributed by atoms with E-state index in [4.69, 9.17) is 13.4 Å². The van der Waals surface area contributed by atoms with Crippen LogP contribution in [0.4, 0.5) is 10.1 Å². The van der Waals surface area contributed by atoms with E-state index < -0.39 is 13.9 Å². The monoisotopic (exact) mass is 408 g/mol. The van der Waals surface area contributed by atoms with Crippen LogP contribution >= 0.6 is 41.1 Å². The molecule has 1 aromatic rings. The molecule has 1 N–H and O–H groups in total. The Morgan fingerprint density at radius 1 is 1.37 bits per heavy atom. The van der Waals surface area contributed by atoms with Crippen molar-refractivity contribution in [2.24, 2.45) is 5.11 Å². The van der Waals surface area contributed by atoms with Gasteiger partial charge in [-0.15, -0.1) is 18.5 Å². The van der Waals surface area contributed by atoms with Gasteiger partial charge in [0.2, 0.25) is 0 Å². The molecule has 19 heavy (non-hydrogen) atoms. The molecule has 2 radical (unpaired) electrons. The summed E-state index contributed by atoms with van der Waals surface area (Å²) in [6, 6.07) is 5.24. The summed E-state index contributed by atoms with van der Waals surface area (Å²) < 4.78 is 13.1. The molecule has 0 aliphatic rings. The maximum Gasteiger partial charge on any atom is 0.161 e. The molecule has 7 heteroatoms. The van der Waals surface area contributed by atoms with E-state index in [1.165, 1.54) is 6.92 Å². The van der Waals surface area contributed by atoms with E-state index in [-0.39, 0.29) is 0 Å². The van der Waals surface area contributed by atoms with Crippen LogP contribution in [0.3, 0.4) is 0 Å². The first-order valence-electron chi connectivity index (χ1n) is 5.68. The molecular weight excluding hydrogens is 391 g/mol. The second-order valence-electron chi connectivity index (χ2n) is 5.09. The lowest BCUT2D eigenvalue weighted by atomic mass is 9.58. The molecule has 0 spiro atoms. The van der Waals surface area contributed by atoms with Gasteiger partial charge in [-0.25, -0.2) is 9.92 Å². The van der Waals surface area contributed by atoms with Crippen molar-refractivity contribution in [3.8, 4) is 0 Å². The summed E-state index contributed by atoms with van der Waals surface area (Å²) in [7, 11) is 11.6. The van der Waals surface area contributed by atoms with Crippen LogP contribution in [0.1, 0.15) is 25.0 Å². The Bertz CT molecular complexity index is 483. The highest BCUT2D eigenvalue weighted by molar-refractivity contribution is 14.1. The van der Waals surface area contributed by atoms with Crippen molar-refractivity contribution in [1.82, 2.24) is 0 Å². The number of hydrogen-bond donors (Lipinski definition) is 1. The Labute approximate surface area is 133 Å². The van der Waals surface area contributed by atoms with Gasteiger partial charge in [-0.2, -0.15) is 5.11 Å². The number of halogens is 2. The Hall–Kier alpha value is 0.405. The van der Waals surface area contributed by atoms with Crippen LogP contribution in [0.5, 0.6) is 0 Å². The predicted molar refractivity (Wildman–Crippen MR) is 94.8 cm³/mol. The highest BCUT2D eigenvalue weighted by atomic mass is 127. The van der Waals surface area contributed by atoms with Crippen molar-refractivity contribution >= 4 is 54.6 Å². The van der Waals surface area contributed by atoms with Gasteiger partial charge in [0.25, 0.3) is 0 Å². The van der Waals surface area contributed by atoms with Gasteiger partial charge < -0.3 is 0 Å². The van der Waals surface area contributed by atoms with Crippen LogP contribution in [0, 0.1) is 12.5 Å². The van der Waals surface area contributed by atoms with Gasteiger partial charge >= 0.3 is 0 Å². The largest absolute Gasteiger partial charge is 0.233 e. The van der Waals surface area contributed by atoms with Gasteiger partial charge in [0.15, 0.2) is 3.68 Å². The number of aryl methyl sites for hydroxylation is 1. The van der Waals surface area contributed by atoms with Crippen molar-refractivity contribution in [2.75, 3.05) is 0 Å². The molecule has 0 fully saturated rings. The maximum absolute atomic E-state index is 14.7. The number of benzene rings is 1. The first kappa shape index (κ1) is 17.5. The predicted octanol–water partition coefficient (Wildman–Crippen LogP) is 4.61. The number of nitrogens with one attached hydrogen (secondary N) is 1. The molecule has 2 nitrogen and oxygen atoms in total. The van der Waals surface area contributed by atoms with Crippen molar-refractivity contribution < 1.29 is 4.39 Å². The highest BCUT2D eigenvalue weighted by Gasteiger charge is 2.52. The summed E-state index contributed by atoms with van der Waals surface area (Å²) >= 11 is 1.74. The van der Waals surface area contributed by atoms with Crippen molar-refractivity contribution in [2.45, 2.75) is 34.7 Å². The molecule has 1 rings (SSSR count). The molecule has 0 aliphatic carbocycles. The number of nitrogens with zero attached hydrogens (tertiary/aromatic N) is 1. The van der Waals surface area contributed by atoms with Crippen molar-refractivity contribution in [3.63, 3.8) is 0 Å². The quantitative estimate of drug-likeness (QED) is 0.249. The lowest BCUT2D eigenvalue weighted by Crippen LogP contribution is -2.53. The van der Waals surface area contributed by atoms with Crippen LogP contribution in [0.15, 0.2) is 23.3 Å². The Morgan fingerprint density at radius 2 is 1.89 bits per heavy atom. The molecule has 1 aromatic carbocycles. The van der Waals surface area contributed by atoms with E-state index in [1.807, 2.05) is 13.8 Å². The minimum Gasteiger partial charge on any atom is -0.233 e. The summed E-state index contributed by atoms with van der Waals surface area (Å²) in [5.41, 5.74) is 9.12. The zero-order valence-corrected chi connectivity index (χ0v) is 15.6. The normalized spacial score (nSPS) is 18.5. The zero-order valence-electron chi connectivity index (χ0n) is 11.2. The Morgan fingerprint density at radius 3 is 2.21 bits per heavy atom. The molecule has 0 aliphatic heterocycles. The van der Waals surface area contributed by atoms with Crippen LogP contribution < -0.4 is 0 Å². The second kappa shape index (κ2) is 5.65. The maximum atomic E-state index is 14.7. The fourth-order valence-corrected chi connectivity index (χ4v) is 4.42. The third kappa shape index (κ3) is 3.19. The van der Waals surface area contributed by atoms with E-state index in [0.717, 1.165) is 5.56 Å². The highest BCUT2D eigenvalue weighted by Crippen LogP contribution is 2.54. The SMILES string of the molecule is [B]C(c1ccc(N=N)c(C)c1)(C(C)(P)P)C(C)(F)I. The Kier molecular flexibility index (Phi) is 5.19. The summed E-state index contributed by atoms with van der Waals surface area (Å²) in [6.07, 6.45) is 0. The molecule has 0 aromatic heterocycles. The first-order chi connectivity index (χ1) is 8.45. The van der Waals surface area contributed by atoms with Gasteiger partial charge in [0.05, 0.1) is 13.5 Å². The third-order valence-corrected chi connectivity index (χ3v) is 5.08. The standard InChI is InChI=1S/C12H17BFIN2P2/c1-7-6-8(4-5-9(7)17-16)12(13,10(2,14)15)11(3,18)19/h4-6,16H,18-19H2,1-3H3. The summed E-state index contributed by atoms with van der Waals surface area (Å²) in [6.45, 7) is 5.16. The number of hydrogen-bond acceptors (Lipinski definition) is 2. The molecule has 4 unspecified atom stereocenters. The van der Waals surface area contributed by atoms with Crippen LogP contribution in [0.25, 0.3) is 0 Å². The fraction of sp³-hybridized carbons (Fsp3) is 0.500. The van der Waals surface area contributed by atoms with Crippen molar-refractivity contribution in [1.29, 1.82) is 5.53 Å². The lowest BCUT2D eigenvalue weighted by molar-refractivity contribution is 0.244. The number of rotatable bonds is 4. The summed E-state index contributed by atoms with van der Waals surface area (Å²) in [5.74, 6) is 0.